The highest BCUT2D eigenvalue weighted by Gasteiger charge is 2.35. The highest BCUT2D eigenvalue weighted by Crippen LogP contribution is 2.38. The summed E-state index contributed by atoms with van der Waals surface area (Å²) >= 11 is 0. The van der Waals surface area contributed by atoms with Crippen LogP contribution >= 0.6 is 0 Å². The highest BCUT2D eigenvalue weighted by atomic mass is 32.2. The van der Waals surface area contributed by atoms with Crippen LogP contribution in [0.1, 0.15) is 38.4 Å². The number of amides is 1. The molecule has 0 saturated heterocycles. The molecule has 0 aliphatic rings. The lowest BCUT2D eigenvalue weighted by atomic mass is 10.1. The first kappa shape index (κ1) is 23.3. The average molecular weight is 467 g/mol. The van der Waals surface area contributed by atoms with Gasteiger partial charge in [-0.05, 0) is 57.0 Å². The van der Waals surface area contributed by atoms with Crippen molar-refractivity contribution >= 4 is 27.3 Å². The molecule has 0 spiro atoms. The van der Waals surface area contributed by atoms with E-state index in [2.05, 4.69) is 10.5 Å². The number of carbonyl (C=O) groups is 1. The van der Waals surface area contributed by atoms with E-state index in [0.717, 1.165) is 17.8 Å². The lowest BCUT2D eigenvalue weighted by Crippen LogP contribution is -2.20. The molecule has 2 aromatic carbocycles. The Morgan fingerprint density at radius 3 is 2.19 bits per heavy atom. The summed E-state index contributed by atoms with van der Waals surface area (Å²) in [5, 5.41) is 5.78. The molecule has 0 atom stereocenters. The number of carbonyl (C=O) groups excluding carboxylic acids is 1. The minimum Gasteiger partial charge on any atom is -0.361 e. The molecular formula is C21H20F3N3O4S. The van der Waals surface area contributed by atoms with E-state index >= 15 is 0 Å². The van der Waals surface area contributed by atoms with Crippen molar-refractivity contribution in [3.05, 3.63) is 70.1 Å². The smallest absolute Gasteiger partial charge is 0.361 e. The van der Waals surface area contributed by atoms with Gasteiger partial charge in [0.05, 0.1) is 22.3 Å². The summed E-state index contributed by atoms with van der Waals surface area (Å²) in [4.78, 5) is 12.2. The maximum Gasteiger partial charge on any atom is 0.418 e. The zero-order valence-corrected chi connectivity index (χ0v) is 18.4. The van der Waals surface area contributed by atoms with Crippen molar-refractivity contribution in [2.45, 2.75) is 38.8 Å². The fourth-order valence-electron chi connectivity index (χ4n) is 3.45. The number of rotatable bonds is 5. The van der Waals surface area contributed by atoms with Crippen LogP contribution in [0.5, 0.6) is 0 Å². The lowest BCUT2D eigenvalue weighted by Gasteiger charge is -2.18. The molecule has 3 aromatic rings. The summed E-state index contributed by atoms with van der Waals surface area (Å²) in [6.07, 6.45) is -3.74. The number of sulfonamides is 1. The van der Waals surface area contributed by atoms with Crippen molar-refractivity contribution in [2.75, 3.05) is 10.0 Å². The van der Waals surface area contributed by atoms with Gasteiger partial charge in [0.2, 0.25) is 0 Å². The molecule has 7 nitrogen and oxygen atoms in total. The molecule has 0 fully saturated rings. The molecule has 32 heavy (non-hydrogen) atoms. The van der Waals surface area contributed by atoms with Gasteiger partial charge < -0.3 is 9.84 Å². The number of aromatic nitrogens is 1. The number of anilines is 2. The van der Waals surface area contributed by atoms with Crippen LogP contribution in [-0.4, -0.2) is 19.5 Å². The van der Waals surface area contributed by atoms with Crippen LogP contribution in [0.15, 0.2) is 45.9 Å². The third-order valence-electron chi connectivity index (χ3n) is 4.70. The van der Waals surface area contributed by atoms with E-state index < -0.39 is 33.4 Å². The molecule has 170 valence electrons. The van der Waals surface area contributed by atoms with Gasteiger partial charge in [0.15, 0.2) is 0 Å². The molecule has 1 heterocycles. The molecule has 1 aromatic heterocycles. The number of alkyl halides is 3. The predicted octanol–water partition coefficient (Wildman–Crippen LogP) is 4.98. The molecule has 2 N–H and O–H groups in total. The van der Waals surface area contributed by atoms with Crippen LogP contribution in [0.4, 0.5) is 24.5 Å². The summed E-state index contributed by atoms with van der Waals surface area (Å²) < 4.78 is 73.8. The Balaban J connectivity index is 1.99. The van der Waals surface area contributed by atoms with E-state index in [1.807, 2.05) is 4.72 Å². The molecule has 3 rings (SSSR count). The van der Waals surface area contributed by atoms with E-state index in [-0.39, 0.29) is 21.9 Å². The first-order valence-corrected chi connectivity index (χ1v) is 10.8. The van der Waals surface area contributed by atoms with Gasteiger partial charge in [-0.3, -0.25) is 9.52 Å². The number of halogens is 3. The zero-order valence-electron chi connectivity index (χ0n) is 17.6. The number of benzene rings is 2. The fourth-order valence-corrected chi connectivity index (χ4v) is 4.98. The Kier molecular flexibility index (Phi) is 6.05. The molecule has 0 saturated carbocycles. The third-order valence-corrected chi connectivity index (χ3v) is 6.37. The molecule has 0 bridgehead atoms. The van der Waals surface area contributed by atoms with Gasteiger partial charge in [-0.1, -0.05) is 22.9 Å². The quantitative estimate of drug-likeness (QED) is 0.551. The molecule has 0 unspecified atom stereocenters. The van der Waals surface area contributed by atoms with Gasteiger partial charge >= 0.3 is 6.18 Å². The second-order valence-corrected chi connectivity index (χ2v) is 8.96. The summed E-state index contributed by atoms with van der Waals surface area (Å²) in [6.45, 7) is 6.42. The molecule has 0 radical (unpaired) electrons. The Hall–Kier alpha value is -3.34. The Labute approximate surface area is 182 Å². The number of hydrogen-bond donors (Lipinski definition) is 2. The lowest BCUT2D eigenvalue weighted by molar-refractivity contribution is -0.136. The standard InChI is InChI=1S/C21H20F3N3O4S/c1-11-7-12(2)19(13(3)8-11)32(29,30)27-18-6-5-15(9-17(18)21(22,23)24)26-20(28)16-10-25-31-14(16)4/h5-10,27H,1-4H3,(H,26,28). The van der Waals surface area contributed by atoms with Crippen molar-refractivity contribution in [3.63, 3.8) is 0 Å². The maximum absolute atomic E-state index is 13.7. The first-order chi connectivity index (χ1) is 14.8. The van der Waals surface area contributed by atoms with Crippen LogP contribution in [0.2, 0.25) is 0 Å². The average Bonchev–Trinajstić information content (AvgIpc) is 3.06. The van der Waals surface area contributed by atoms with Gasteiger partial charge in [-0.15, -0.1) is 0 Å². The second kappa shape index (κ2) is 8.30. The summed E-state index contributed by atoms with van der Waals surface area (Å²) in [5.74, 6) is -0.511. The minimum atomic E-state index is -4.89. The second-order valence-electron chi connectivity index (χ2n) is 7.34. The van der Waals surface area contributed by atoms with Crippen LogP contribution in [0.3, 0.4) is 0 Å². The van der Waals surface area contributed by atoms with Gasteiger partial charge in [0.25, 0.3) is 15.9 Å². The molecule has 0 aliphatic heterocycles. The van der Waals surface area contributed by atoms with E-state index in [0.29, 0.717) is 17.2 Å². The number of nitrogens with zero attached hydrogens (tertiary/aromatic N) is 1. The number of aryl methyl sites for hydroxylation is 4. The van der Waals surface area contributed by atoms with E-state index in [9.17, 15) is 26.4 Å². The van der Waals surface area contributed by atoms with Gasteiger partial charge in [-0.2, -0.15) is 13.2 Å². The van der Waals surface area contributed by atoms with Crippen LogP contribution in [-0.2, 0) is 16.2 Å². The SMILES string of the molecule is Cc1cc(C)c(S(=O)(=O)Nc2ccc(NC(=O)c3cnoc3C)cc2C(F)(F)F)c(C)c1. The minimum absolute atomic E-state index is 0.0636. The molecular weight excluding hydrogens is 447 g/mol. The number of nitrogens with one attached hydrogen (secondary N) is 2. The van der Waals surface area contributed by atoms with Crippen LogP contribution in [0.25, 0.3) is 0 Å². The summed E-state index contributed by atoms with van der Waals surface area (Å²) in [5.41, 5.74) is -0.354. The van der Waals surface area contributed by atoms with Crippen molar-refractivity contribution in [3.8, 4) is 0 Å². The van der Waals surface area contributed by atoms with Gasteiger partial charge in [0, 0.05) is 5.69 Å². The van der Waals surface area contributed by atoms with E-state index in [1.54, 1.807) is 32.9 Å². The van der Waals surface area contributed by atoms with Crippen molar-refractivity contribution in [1.29, 1.82) is 0 Å². The molecule has 0 aliphatic carbocycles. The molecule has 1 amide bonds. The Morgan fingerprint density at radius 2 is 1.66 bits per heavy atom. The van der Waals surface area contributed by atoms with Crippen LogP contribution < -0.4 is 10.0 Å². The van der Waals surface area contributed by atoms with Crippen molar-refractivity contribution < 1.29 is 30.9 Å². The van der Waals surface area contributed by atoms with Gasteiger partial charge in [0.1, 0.15) is 11.3 Å². The summed E-state index contributed by atoms with van der Waals surface area (Å²) in [7, 11) is -4.31. The topological polar surface area (TPSA) is 101 Å². The van der Waals surface area contributed by atoms with Gasteiger partial charge in [-0.25, -0.2) is 8.42 Å². The third kappa shape index (κ3) is 4.77. The van der Waals surface area contributed by atoms with Crippen molar-refractivity contribution in [2.24, 2.45) is 0 Å². The maximum atomic E-state index is 13.7. The highest BCUT2D eigenvalue weighted by molar-refractivity contribution is 7.92. The van der Waals surface area contributed by atoms with Crippen molar-refractivity contribution in [1.82, 2.24) is 5.16 Å². The largest absolute Gasteiger partial charge is 0.418 e. The zero-order chi connectivity index (χ0) is 23.8. The van der Waals surface area contributed by atoms with E-state index in [1.165, 1.54) is 13.0 Å². The normalized spacial score (nSPS) is 12.0. The Bertz CT molecular complexity index is 1270. The predicted molar refractivity (Wildman–Crippen MR) is 112 cm³/mol. The molecule has 11 heteroatoms. The van der Waals surface area contributed by atoms with E-state index in [4.69, 9.17) is 4.52 Å². The summed E-state index contributed by atoms with van der Waals surface area (Å²) in [6, 6.07) is 6.06. The number of hydrogen-bond acceptors (Lipinski definition) is 5. The van der Waals surface area contributed by atoms with Crippen LogP contribution in [0, 0.1) is 27.7 Å². The fraction of sp³-hybridized carbons (Fsp3) is 0.238. The monoisotopic (exact) mass is 467 g/mol. The first-order valence-electron chi connectivity index (χ1n) is 9.34. The Morgan fingerprint density at radius 1 is 1.03 bits per heavy atom.